The Kier molecular flexibility index (Phi) is 3.22. The summed E-state index contributed by atoms with van der Waals surface area (Å²) >= 11 is 3.59. The van der Waals surface area contributed by atoms with Crippen LogP contribution in [0.4, 0.5) is 0 Å². The van der Waals surface area contributed by atoms with Crippen molar-refractivity contribution in [3.8, 4) is 0 Å². The van der Waals surface area contributed by atoms with Crippen LogP contribution in [-0.4, -0.2) is 5.33 Å². The Hall–Kier alpha value is 0.480. The molecule has 1 saturated carbocycles. The number of rotatable bonds is 3. The van der Waals surface area contributed by atoms with Gasteiger partial charge in [-0.05, 0) is 17.8 Å². The Morgan fingerprint density at radius 2 is 2.00 bits per heavy atom. The molecule has 0 aromatic carbocycles. The zero-order chi connectivity index (χ0) is 7.56. The average molecular weight is 205 g/mol. The third-order valence-corrected chi connectivity index (χ3v) is 3.54. The van der Waals surface area contributed by atoms with Gasteiger partial charge in [-0.25, -0.2) is 0 Å². The van der Waals surface area contributed by atoms with E-state index in [9.17, 15) is 0 Å². The molecule has 1 unspecified atom stereocenters. The first-order chi connectivity index (χ1) is 4.75. The fourth-order valence-electron chi connectivity index (χ4n) is 1.72. The summed E-state index contributed by atoms with van der Waals surface area (Å²) in [6, 6.07) is 0. The highest BCUT2D eigenvalue weighted by Crippen LogP contribution is 2.37. The van der Waals surface area contributed by atoms with Crippen molar-refractivity contribution < 1.29 is 0 Å². The van der Waals surface area contributed by atoms with E-state index in [1.807, 2.05) is 0 Å². The van der Waals surface area contributed by atoms with Crippen LogP contribution in [0.15, 0.2) is 0 Å². The lowest BCUT2D eigenvalue weighted by Crippen LogP contribution is -2.27. The van der Waals surface area contributed by atoms with Gasteiger partial charge in [0.15, 0.2) is 0 Å². The van der Waals surface area contributed by atoms with Crippen molar-refractivity contribution in [3.05, 3.63) is 0 Å². The van der Waals surface area contributed by atoms with Crippen LogP contribution >= 0.6 is 15.9 Å². The van der Waals surface area contributed by atoms with Crippen molar-refractivity contribution in [1.82, 2.24) is 0 Å². The molecule has 0 nitrogen and oxygen atoms in total. The van der Waals surface area contributed by atoms with E-state index in [4.69, 9.17) is 0 Å². The van der Waals surface area contributed by atoms with Crippen LogP contribution in [0.25, 0.3) is 0 Å². The SMILES string of the molecule is CC(C)C(CBr)C1CCC1. The number of alkyl halides is 1. The van der Waals surface area contributed by atoms with E-state index in [1.165, 1.54) is 24.6 Å². The van der Waals surface area contributed by atoms with Crippen molar-refractivity contribution in [3.63, 3.8) is 0 Å². The van der Waals surface area contributed by atoms with Gasteiger partial charge in [0.05, 0.1) is 0 Å². The minimum Gasteiger partial charge on any atom is -0.0925 e. The summed E-state index contributed by atoms with van der Waals surface area (Å²) in [5.41, 5.74) is 0. The lowest BCUT2D eigenvalue weighted by atomic mass is 9.72. The topological polar surface area (TPSA) is 0 Å². The predicted molar refractivity (Wildman–Crippen MR) is 49.5 cm³/mol. The second-order valence-corrected chi connectivity index (χ2v) is 4.40. The highest BCUT2D eigenvalue weighted by atomic mass is 79.9. The Bertz CT molecular complexity index is 94.9. The average Bonchev–Trinajstić information content (AvgIpc) is 1.76. The molecular weight excluding hydrogens is 188 g/mol. The molecule has 0 N–H and O–H groups in total. The fraction of sp³-hybridized carbons (Fsp3) is 1.00. The largest absolute Gasteiger partial charge is 0.0925 e. The summed E-state index contributed by atoms with van der Waals surface area (Å²) < 4.78 is 0. The summed E-state index contributed by atoms with van der Waals surface area (Å²) in [5, 5.41) is 1.20. The maximum absolute atomic E-state index is 3.59. The zero-order valence-electron chi connectivity index (χ0n) is 6.94. The van der Waals surface area contributed by atoms with Crippen molar-refractivity contribution in [1.29, 1.82) is 0 Å². The Morgan fingerprint density at radius 1 is 1.40 bits per heavy atom. The first-order valence-electron chi connectivity index (χ1n) is 4.31. The molecule has 1 atom stereocenters. The highest BCUT2D eigenvalue weighted by molar-refractivity contribution is 9.09. The molecule has 0 aromatic heterocycles. The summed E-state index contributed by atoms with van der Waals surface area (Å²) in [6.45, 7) is 4.68. The molecule has 1 heteroatoms. The van der Waals surface area contributed by atoms with Crippen molar-refractivity contribution in [2.24, 2.45) is 17.8 Å². The van der Waals surface area contributed by atoms with Crippen LogP contribution in [0.3, 0.4) is 0 Å². The standard InChI is InChI=1S/C9H17Br/c1-7(2)9(6-10)8-4-3-5-8/h7-9H,3-6H2,1-2H3. The maximum Gasteiger partial charge on any atom is 0.00647 e. The molecule has 1 aliphatic carbocycles. The molecule has 0 bridgehead atoms. The molecule has 0 aliphatic heterocycles. The second kappa shape index (κ2) is 3.75. The molecule has 0 heterocycles. The predicted octanol–water partition coefficient (Wildman–Crippen LogP) is 3.45. The molecule has 60 valence electrons. The fourth-order valence-corrected chi connectivity index (χ4v) is 2.99. The molecular formula is C9H17Br. The van der Waals surface area contributed by atoms with Gasteiger partial charge in [-0.1, -0.05) is 49.0 Å². The monoisotopic (exact) mass is 204 g/mol. The molecule has 1 rings (SSSR count). The van der Waals surface area contributed by atoms with E-state index in [0.717, 1.165) is 17.8 Å². The van der Waals surface area contributed by atoms with Gasteiger partial charge in [-0.2, -0.15) is 0 Å². The second-order valence-electron chi connectivity index (χ2n) is 3.75. The summed E-state index contributed by atoms with van der Waals surface area (Å²) in [7, 11) is 0. The van der Waals surface area contributed by atoms with E-state index in [2.05, 4.69) is 29.8 Å². The normalized spacial score (nSPS) is 22.8. The van der Waals surface area contributed by atoms with E-state index in [1.54, 1.807) is 0 Å². The number of hydrogen-bond acceptors (Lipinski definition) is 0. The van der Waals surface area contributed by atoms with E-state index >= 15 is 0 Å². The van der Waals surface area contributed by atoms with Crippen LogP contribution in [-0.2, 0) is 0 Å². The number of hydrogen-bond donors (Lipinski definition) is 0. The van der Waals surface area contributed by atoms with Crippen LogP contribution < -0.4 is 0 Å². The molecule has 0 spiro atoms. The maximum atomic E-state index is 3.59. The smallest absolute Gasteiger partial charge is 0.00647 e. The first kappa shape index (κ1) is 8.58. The van der Waals surface area contributed by atoms with Crippen LogP contribution in [0.1, 0.15) is 33.1 Å². The first-order valence-corrected chi connectivity index (χ1v) is 5.43. The Labute approximate surface area is 72.5 Å². The van der Waals surface area contributed by atoms with Crippen LogP contribution in [0.2, 0.25) is 0 Å². The lowest BCUT2D eigenvalue weighted by Gasteiger charge is -2.35. The Morgan fingerprint density at radius 3 is 2.10 bits per heavy atom. The van der Waals surface area contributed by atoms with Crippen molar-refractivity contribution in [2.45, 2.75) is 33.1 Å². The Balaban J connectivity index is 2.31. The van der Waals surface area contributed by atoms with Crippen LogP contribution in [0.5, 0.6) is 0 Å². The molecule has 0 amide bonds. The van der Waals surface area contributed by atoms with Gasteiger partial charge < -0.3 is 0 Å². The molecule has 0 aromatic rings. The third kappa shape index (κ3) is 1.75. The van der Waals surface area contributed by atoms with Gasteiger partial charge in [0, 0.05) is 5.33 Å². The van der Waals surface area contributed by atoms with E-state index < -0.39 is 0 Å². The quantitative estimate of drug-likeness (QED) is 0.619. The summed E-state index contributed by atoms with van der Waals surface area (Å²) in [6.07, 6.45) is 4.43. The summed E-state index contributed by atoms with van der Waals surface area (Å²) in [5.74, 6) is 2.85. The van der Waals surface area contributed by atoms with Crippen molar-refractivity contribution >= 4 is 15.9 Å². The molecule has 10 heavy (non-hydrogen) atoms. The van der Waals surface area contributed by atoms with Gasteiger partial charge in [-0.3, -0.25) is 0 Å². The molecule has 1 fully saturated rings. The van der Waals surface area contributed by atoms with Gasteiger partial charge in [0.1, 0.15) is 0 Å². The third-order valence-electron chi connectivity index (χ3n) is 2.79. The molecule has 0 saturated heterocycles. The minimum absolute atomic E-state index is 0.865. The molecule has 1 aliphatic rings. The minimum atomic E-state index is 0.865. The van der Waals surface area contributed by atoms with E-state index in [-0.39, 0.29) is 0 Å². The van der Waals surface area contributed by atoms with Gasteiger partial charge in [0.25, 0.3) is 0 Å². The molecule has 0 radical (unpaired) electrons. The number of halogens is 1. The van der Waals surface area contributed by atoms with Gasteiger partial charge in [-0.15, -0.1) is 0 Å². The van der Waals surface area contributed by atoms with Gasteiger partial charge >= 0.3 is 0 Å². The van der Waals surface area contributed by atoms with Crippen molar-refractivity contribution in [2.75, 3.05) is 5.33 Å². The zero-order valence-corrected chi connectivity index (χ0v) is 8.52. The lowest BCUT2D eigenvalue weighted by molar-refractivity contribution is 0.181. The van der Waals surface area contributed by atoms with E-state index in [0.29, 0.717) is 0 Å². The van der Waals surface area contributed by atoms with Crippen LogP contribution in [0, 0.1) is 17.8 Å². The highest BCUT2D eigenvalue weighted by Gasteiger charge is 2.28. The summed E-state index contributed by atoms with van der Waals surface area (Å²) in [4.78, 5) is 0. The van der Waals surface area contributed by atoms with Gasteiger partial charge in [0.2, 0.25) is 0 Å².